The summed E-state index contributed by atoms with van der Waals surface area (Å²) in [5, 5.41) is 4.05. The van der Waals surface area contributed by atoms with Crippen LogP contribution in [-0.4, -0.2) is 51.1 Å². The Morgan fingerprint density at radius 2 is 1.94 bits per heavy atom. The van der Waals surface area contributed by atoms with Crippen LogP contribution in [0.2, 0.25) is 5.02 Å². The van der Waals surface area contributed by atoms with Crippen LogP contribution < -0.4 is 10.9 Å². The summed E-state index contributed by atoms with van der Waals surface area (Å²) in [5.41, 5.74) is 2.58. The SMILES string of the molecule is CCc1ccc(NC(=O)N2CCN(C(C)c3nc4ccc(Cl)cc4c(=O)n3C)CC2C)cc1. The van der Waals surface area contributed by atoms with E-state index in [0.29, 0.717) is 41.4 Å². The topological polar surface area (TPSA) is 70.5 Å². The number of anilines is 1. The van der Waals surface area contributed by atoms with Crippen molar-refractivity contribution in [2.45, 2.75) is 39.3 Å². The molecule has 174 valence electrons. The molecule has 0 aliphatic carbocycles. The molecule has 0 bridgehead atoms. The number of nitrogens with zero attached hydrogens (tertiary/aromatic N) is 4. The first-order valence-electron chi connectivity index (χ1n) is 11.3. The molecular formula is C25H30ClN5O2. The largest absolute Gasteiger partial charge is 0.322 e. The molecule has 1 aliphatic heterocycles. The Morgan fingerprint density at radius 1 is 1.21 bits per heavy atom. The Labute approximate surface area is 199 Å². The van der Waals surface area contributed by atoms with E-state index >= 15 is 0 Å². The van der Waals surface area contributed by atoms with Crippen molar-refractivity contribution < 1.29 is 4.79 Å². The van der Waals surface area contributed by atoms with Crippen LogP contribution in [0.25, 0.3) is 10.9 Å². The van der Waals surface area contributed by atoms with Gasteiger partial charge in [0.15, 0.2) is 0 Å². The standard InChI is InChI=1S/C25H30ClN5O2/c1-5-18-6-9-20(10-7-18)27-25(33)31-13-12-30(15-16(31)2)17(3)23-28-22-11-8-19(26)14-21(22)24(32)29(23)4/h6-11,14,16-17H,5,12-13,15H2,1-4H3,(H,27,33). The second-order valence-electron chi connectivity index (χ2n) is 8.69. The lowest BCUT2D eigenvalue weighted by Crippen LogP contribution is -2.55. The van der Waals surface area contributed by atoms with Crippen molar-refractivity contribution in [1.29, 1.82) is 0 Å². The predicted octanol–water partition coefficient (Wildman–Crippen LogP) is 4.45. The van der Waals surface area contributed by atoms with Crippen LogP contribution in [0.15, 0.2) is 47.3 Å². The molecule has 2 heterocycles. The van der Waals surface area contributed by atoms with Crippen LogP contribution >= 0.6 is 11.6 Å². The van der Waals surface area contributed by atoms with Gasteiger partial charge in [-0.05, 0) is 56.2 Å². The summed E-state index contributed by atoms with van der Waals surface area (Å²) in [7, 11) is 1.75. The third-order valence-electron chi connectivity index (χ3n) is 6.53. The quantitative estimate of drug-likeness (QED) is 0.615. The minimum Gasteiger partial charge on any atom is -0.319 e. The fourth-order valence-corrected chi connectivity index (χ4v) is 4.63. The van der Waals surface area contributed by atoms with Crippen molar-refractivity contribution >= 4 is 34.2 Å². The summed E-state index contributed by atoms with van der Waals surface area (Å²) in [6.45, 7) is 8.20. The number of urea groups is 1. The number of aromatic nitrogens is 2. The van der Waals surface area contributed by atoms with Crippen molar-refractivity contribution in [1.82, 2.24) is 19.4 Å². The maximum atomic E-state index is 12.9. The molecule has 1 N–H and O–H groups in total. The van der Waals surface area contributed by atoms with Crippen LogP contribution in [0, 0.1) is 0 Å². The highest BCUT2D eigenvalue weighted by molar-refractivity contribution is 6.31. The van der Waals surface area contributed by atoms with E-state index in [1.165, 1.54) is 5.56 Å². The zero-order valence-electron chi connectivity index (χ0n) is 19.5. The Morgan fingerprint density at radius 3 is 2.61 bits per heavy atom. The Kier molecular flexibility index (Phi) is 6.72. The molecule has 1 fully saturated rings. The number of piperazine rings is 1. The van der Waals surface area contributed by atoms with E-state index in [1.807, 2.05) is 36.1 Å². The van der Waals surface area contributed by atoms with Gasteiger partial charge in [-0.25, -0.2) is 9.78 Å². The lowest BCUT2D eigenvalue weighted by Gasteiger charge is -2.42. The second-order valence-corrected chi connectivity index (χ2v) is 9.13. The van der Waals surface area contributed by atoms with Gasteiger partial charge in [0.1, 0.15) is 5.82 Å². The minimum atomic E-state index is -0.107. The van der Waals surface area contributed by atoms with E-state index < -0.39 is 0 Å². The van der Waals surface area contributed by atoms with Crippen LogP contribution in [0.5, 0.6) is 0 Å². The lowest BCUT2D eigenvalue weighted by atomic mass is 10.1. The molecule has 1 aromatic heterocycles. The summed E-state index contributed by atoms with van der Waals surface area (Å²) in [6, 6.07) is 13.0. The molecular weight excluding hydrogens is 438 g/mol. The van der Waals surface area contributed by atoms with Crippen LogP contribution in [0.4, 0.5) is 10.5 Å². The molecule has 4 rings (SSSR count). The average Bonchev–Trinajstić information content (AvgIpc) is 2.81. The minimum absolute atomic E-state index is 0.0207. The van der Waals surface area contributed by atoms with Gasteiger partial charge in [0.05, 0.1) is 16.9 Å². The van der Waals surface area contributed by atoms with Crippen molar-refractivity contribution in [3.05, 3.63) is 69.2 Å². The number of nitrogens with one attached hydrogen (secondary N) is 1. The van der Waals surface area contributed by atoms with Crippen LogP contribution in [-0.2, 0) is 13.5 Å². The van der Waals surface area contributed by atoms with E-state index in [2.05, 4.69) is 24.1 Å². The van der Waals surface area contributed by atoms with E-state index in [9.17, 15) is 9.59 Å². The highest BCUT2D eigenvalue weighted by atomic mass is 35.5. The number of fused-ring (bicyclic) bond motifs is 1. The number of carbonyl (C=O) groups is 1. The van der Waals surface area contributed by atoms with E-state index in [-0.39, 0.29) is 23.7 Å². The van der Waals surface area contributed by atoms with Gasteiger partial charge >= 0.3 is 6.03 Å². The maximum absolute atomic E-state index is 12.9. The molecule has 33 heavy (non-hydrogen) atoms. The van der Waals surface area contributed by atoms with Gasteiger partial charge in [0.25, 0.3) is 5.56 Å². The zero-order valence-corrected chi connectivity index (χ0v) is 20.3. The summed E-state index contributed by atoms with van der Waals surface area (Å²) >= 11 is 6.07. The third kappa shape index (κ3) is 4.75. The zero-order chi connectivity index (χ0) is 23.7. The molecule has 1 saturated heterocycles. The van der Waals surface area contributed by atoms with Crippen LogP contribution in [0.3, 0.4) is 0 Å². The molecule has 1 aliphatic rings. The molecule has 2 unspecified atom stereocenters. The van der Waals surface area contributed by atoms with Gasteiger partial charge in [-0.2, -0.15) is 0 Å². The first-order chi connectivity index (χ1) is 15.8. The van der Waals surface area contributed by atoms with Gasteiger partial charge < -0.3 is 10.2 Å². The number of hydrogen-bond donors (Lipinski definition) is 1. The normalized spacial score (nSPS) is 17.8. The second kappa shape index (κ2) is 9.53. The van der Waals surface area contributed by atoms with Crippen molar-refractivity contribution in [3.8, 4) is 0 Å². The van der Waals surface area contributed by atoms with Gasteiger partial charge in [0, 0.05) is 43.4 Å². The molecule has 2 atom stereocenters. The third-order valence-corrected chi connectivity index (χ3v) is 6.76. The highest BCUT2D eigenvalue weighted by Gasteiger charge is 2.31. The predicted molar refractivity (Wildman–Crippen MR) is 133 cm³/mol. The van der Waals surface area contributed by atoms with Crippen molar-refractivity contribution in [2.75, 3.05) is 25.0 Å². The van der Waals surface area contributed by atoms with Gasteiger partial charge in [-0.15, -0.1) is 0 Å². The van der Waals surface area contributed by atoms with Crippen molar-refractivity contribution in [3.63, 3.8) is 0 Å². The number of rotatable bonds is 4. The summed E-state index contributed by atoms with van der Waals surface area (Å²) in [4.78, 5) is 34.7. The monoisotopic (exact) mass is 467 g/mol. The molecule has 8 heteroatoms. The Hall–Kier alpha value is -2.90. The number of benzene rings is 2. The maximum Gasteiger partial charge on any atom is 0.322 e. The number of aryl methyl sites for hydroxylation is 1. The van der Waals surface area contributed by atoms with E-state index in [0.717, 1.165) is 12.1 Å². The van der Waals surface area contributed by atoms with Crippen molar-refractivity contribution in [2.24, 2.45) is 7.05 Å². The van der Waals surface area contributed by atoms with Crippen LogP contribution in [0.1, 0.15) is 38.2 Å². The summed E-state index contributed by atoms with van der Waals surface area (Å²) < 4.78 is 1.60. The molecule has 3 aromatic rings. The smallest absolute Gasteiger partial charge is 0.319 e. The molecule has 7 nitrogen and oxygen atoms in total. The summed E-state index contributed by atoms with van der Waals surface area (Å²) in [5.74, 6) is 0.705. The molecule has 2 amide bonds. The summed E-state index contributed by atoms with van der Waals surface area (Å²) in [6.07, 6.45) is 0.969. The van der Waals surface area contributed by atoms with E-state index in [4.69, 9.17) is 16.6 Å². The van der Waals surface area contributed by atoms with E-state index in [1.54, 1.807) is 29.8 Å². The van der Waals surface area contributed by atoms with Gasteiger partial charge in [-0.3, -0.25) is 14.3 Å². The number of carbonyl (C=O) groups excluding carboxylic acids is 1. The highest BCUT2D eigenvalue weighted by Crippen LogP contribution is 2.24. The first-order valence-corrected chi connectivity index (χ1v) is 11.7. The fraction of sp³-hybridized carbons (Fsp3) is 0.400. The Balaban J connectivity index is 1.47. The fourth-order valence-electron chi connectivity index (χ4n) is 4.46. The number of amides is 2. The molecule has 0 spiro atoms. The first kappa shape index (κ1) is 23.3. The molecule has 2 aromatic carbocycles. The van der Waals surface area contributed by atoms with Gasteiger partial charge in [0.2, 0.25) is 0 Å². The molecule has 0 saturated carbocycles. The number of hydrogen-bond acceptors (Lipinski definition) is 4. The Bertz CT molecular complexity index is 1220. The lowest BCUT2D eigenvalue weighted by molar-refractivity contribution is 0.0796. The number of halogens is 1. The molecule has 0 radical (unpaired) electrons. The average molecular weight is 468 g/mol. The van der Waals surface area contributed by atoms with Gasteiger partial charge in [-0.1, -0.05) is 30.7 Å².